The van der Waals surface area contributed by atoms with E-state index >= 15 is 0 Å². The van der Waals surface area contributed by atoms with Gasteiger partial charge >= 0.3 is 0 Å². The average Bonchev–Trinajstić information content (AvgIpc) is 3.49. The summed E-state index contributed by atoms with van der Waals surface area (Å²) in [5.41, 5.74) is 2.29. The van der Waals surface area contributed by atoms with Gasteiger partial charge < -0.3 is 24.6 Å². The Morgan fingerprint density at radius 2 is 1.98 bits per heavy atom. The number of aliphatic hydroxyl groups is 2. The van der Waals surface area contributed by atoms with Crippen molar-refractivity contribution in [3.05, 3.63) is 65.5 Å². The fourth-order valence-corrected chi connectivity index (χ4v) is 10.7. The number of pyridine rings is 1. The third kappa shape index (κ3) is 4.51. The van der Waals surface area contributed by atoms with Gasteiger partial charge in [0.25, 0.3) is 0 Å². The SMILES string of the molecule is CN(C(=O)CCC[Si](C)(C)O)[C@H]1C[C@@]23CC[C@@]4(O2)C(=CC[C@]2(C)[C@@H](c5ccc6ccncc6c5)CC[C@H]24)C=C3[C@@H](O)[C@@H]1O. The molecule has 3 fully saturated rings. The molecule has 43 heavy (non-hydrogen) atoms. The number of hydrogen-bond acceptors (Lipinski definition) is 6. The number of carbonyl (C=O) groups is 1. The number of aliphatic hydroxyl groups excluding tert-OH is 2. The van der Waals surface area contributed by atoms with Gasteiger partial charge in [-0.1, -0.05) is 31.2 Å². The molecule has 0 unspecified atom stereocenters. The molecule has 2 aliphatic heterocycles. The second-order valence-electron chi connectivity index (χ2n) is 15.0. The Kier molecular flexibility index (Phi) is 6.88. The van der Waals surface area contributed by atoms with Crippen molar-refractivity contribution in [3.63, 3.8) is 0 Å². The highest BCUT2D eigenvalue weighted by Crippen LogP contribution is 2.69. The average molecular weight is 603 g/mol. The number of hydrogen-bond donors (Lipinski definition) is 3. The standard InChI is InChI=1S/C35H46N2O5Si/c1-33-13-11-25-19-27-31(39)32(40)28(37(2)30(38)6-5-17-43(3,4)41)20-34(27)14-15-35(25,42-34)29(33)10-9-26(33)23-8-7-22-12-16-36-21-24(22)18-23/h7-8,11-12,16,18-19,21,26,28-29,31-32,39-41H,5-6,9-10,13-15,17,20H2,1-4H3/t26-,28+,29-,31-,32-,33-,34-,35-/m1/s1. The zero-order chi connectivity index (χ0) is 30.4. The minimum absolute atomic E-state index is 0.0407. The van der Waals surface area contributed by atoms with E-state index in [1.807, 2.05) is 25.5 Å². The molecule has 2 bridgehead atoms. The molecule has 1 aromatic carbocycles. The molecule has 230 valence electrons. The molecule has 1 amide bonds. The highest BCUT2D eigenvalue weighted by molar-refractivity contribution is 6.69. The number of aromatic nitrogens is 1. The summed E-state index contributed by atoms with van der Waals surface area (Å²) in [6, 6.07) is 9.05. The first-order chi connectivity index (χ1) is 20.4. The fraction of sp³-hybridized carbons (Fsp3) is 0.600. The second-order valence-corrected chi connectivity index (χ2v) is 19.1. The fourth-order valence-electron chi connectivity index (χ4n) is 9.70. The van der Waals surface area contributed by atoms with Crippen LogP contribution in [0.2, 0.25) is 19.1 Å². The van der Waals surface area contributed by atoms with Crippen LogP contribution >= 0.6 is 0 Å². The van der Waals surface area contributed by atoms with Gasteiger partial charge in [0.1, 0.15) is 12.2 Å². The zero-order valence-electron chi connectivity index (χ0n) is 25.9. The summed E-state index contributed by atoms with van der Waals surface area (Å²) < 4.78 is 7.34. The normalized spacial score (nSPS) is 38.2. The molecule has 3 heterocycles. The number of fused-ring (bicyclic) bond motifs is 2. The lowest BCUT2D eigenvalue weighted by Gasteiger charge is -2.56. The summed E-state index contributed by atoms with van der Waals surface area (Å²) in [5.74, 6) is 0.707. The van der Waals surface area contributed by atoms with Crippen LogP contribution in [0.4, 0.5) is 0 Å². The van der Waals surface area contributed by atoms with Gasteiger partial charge in [-0.3, -0.25) is 9.78 Å². The van der Waals surface area contributed by atoms with Gasteiger partial charge in [0.15, 0.2) is 8.32 Å². The lowest BCUT2D eigenvalue weighted by atomic mass is 9.58. The molecule has 7 rings (SSSR count). The van der Waals surface area contributed by atoms with Crippen molar-refractivity contribution in [2.45, 2.75) is 113 Å². The van der Waals surface area contributed by atoms with E-state index in [4.69, 9.17) is 4.74 Å². The molecule has 1 aromatic heterocycles. The van der Waals surface area contributed by atoms with Crippen LogP contribution in [0, 0.1) is 11.3 Å². The predicted octanol–water partition coefficient (Wildman–Crippen LogP) is 5.22. The first kappa shape index (κ1) is 29.4. The molecule has 8 atom stereocenters. The molecular formula is C35H46N2O5Si. The highest BCUT2D eigenvalue weighted by Gasteiger charge is 2.68. The molecule has 8 heteroatoms. The molecular weight excluding hydrogens is 556 g/mol. The largest absolute Gasteiger partial charge is 0.432 e. The van der Waals surface area contributed by atoms with E-state index in [1.54, 1.807) is 11.9 Å². The van der Waals surface area contributed by atoms with Crippen LogP contribution in [0.5, 0.6) is 0 Å². The predicted molar refractivity (Wildman–Crippen MR) is 169 cm³/mol. The monoisotopic (exact) mass is 602 g/mol. The van der Waals surface area contributed by atoms with Crippen LogP contribution < -0.4 is 0 Å². The highest BCUT2D eigenvalue weighted by atomic mass is 28.4. The summed E-state index contributed by atoms with van der Waals surface area (Å²) in [6.07, 6.45) is 12.4. The van der Waals surface area contributed by atoms with Gasteiger partial charge in [0, 0.05) is 37.7 Å². The van der Waals surface area contributed by atoms with Gasteiger partial charge in [-0.25, -0.2) is 0 Å². The third-order valence-electron chi connectivity index (χ3n) is 12.0. The number of likely N-dealkylation sites (N-methyl/N-ethyl adjacent to an activating group) is 1. The van der Waals surface area contributed by atoms with Crippen molar-refractivity contribution in [3.8, 4) is 0 Å². The van der Waals surface area contributed by atoms with Crippen molar-refractivity contribution in [1.82, 2.24) is 9.88 Å². The molecule has 3 N–H and O–H groups in total. The quantitative estimate of drug-likeness (QED) is 0.392. The zero-order valence-corrected chi connectivity index (χ0v) is 26.9. The van der Waals surface area contributed by atoms with Crippen molar-refractivity contribution in [2.75, 3.05) is 7.05 Å². The van der Waals surface area contributed by atoms with Crippen LogP contribution in [0.1, 0.15) is 69.8 Å². The van der Waals surface area contributed by atoms with Crippen molar-refractivity contribution >= 4 is 25.0 Å². The molecule has 7 nitrogen and oxygen atoms in total. The number of ether oxygens (including phenoxy) is 1. The van der Waals surface area contributed by atoms with Gasteiger partial charge in [0.05, 0.1) is 17.2 Å². The molecule has 2 spiro atoms. The molecule has 5 aliphatic rings. The first-order valence-corrected chi connectivity index (χ1v) is 19.3. The first-order valence-electron chi connectivity index (χ1n) is 16.2. The van der Waals surface area contributed by atoms with E-state index < -0.39 is 37.8 Å². The minimum Gasteiger partial charge on any atom is -0.432 e. The Balaban J connectivity index is 1.17. The minimum atomic E-state index is -2.23. The van der Waals surface area contributed by atoms with Gasteiger partial charge in [0.2, 0.25) is 5.91 Å². The Morgan fingerprint density at radius 3 is 2.77 bits per heavy atom. The van der Waals surface area contributed by atoms with Gasteiger partial charge in [-0.15, -0.1) is 0 Å². The van der Waals surface area contributed by atoms with Crippen molar-refractivity contribution in [1.29, 1.82) is 0 Å². The molecule has 2 saturated carbocycles. The van der Waals surface area contributed by atoms with E-state index in [0.29, 0.717) is 37.1 Å². The summed E-state index contributed by atoms with van der Waals surface area (Å²) >= 11 is 0. The lowest BCUT2D eigenvalue weighted by Crippen LogP contribution is -2.63. The third-order valence-corrected chi connectivity index (χ3v) is 13.6. The number of allylic oxidation sites excluding steroid dienone is 1. The van der Waals surface area contributed by atoms with Crippen LogP contribution in [0.3, 0.4) is 0 Å². The summed E-state index contributed by atoms with van der Waals surface area (Å²) in [7, 11) is -0.484. The van der Waals surface area contributed by atoms with Crippen LogP contribution in [-0.2, 0) is 9.53 Å². The van der Waals surface area contributed by atoms with Crippen LogP contribution in [0.25, 0.3) is 10.8 Å². The maximum absolute atomic E-state index is 13.2. The van der Waals surface area contributed by atoms with Crippen molar-refractivity contribution < 1.29 is 24.5 Å². The van der Waals surface area contributed by atoms with Gasteiger partial charge in [-0.05, 0) is 109 Å². The lowest BCUT2D eigenvalue weighted by molar-refractivity contribution is -0.170. The molecule has 2 aromatic rings. The molecule has 3 aliphatic carbocycles. The Labute approximate surface area is 255 Å². The summed E-state index contributed by atoms with van der Waals surface area (Å²) in [6.45, 7) is 6.22. The van der Waals surface area contributed by atoms with E-state index in [0.717, 1.165) is 37.7 Å². The van der Waals surface area contributed by atoms with Crippen LogP contribution in [0.15, 0.2) is 60.0 Å². The second kappa shape index (κ2) is 10.1. The Morgan fingerprint density at radius 1 is 1.16 bits per heavy atom. The van der Waals surface area contributed by atoms with Crippen molar-refractivity contribution in [2.24, 2.45) is 11.3 Å². The number of benzene rings is 1. The molecule has 1 saturated heterocycles. The topological polar surface area (TPSA) is 103 Å². The number of rotatable bonds is 6. The number of nitrogens with zero attached hydrogens (tertiary/aromatic N) is 2. The Hall–Kier alpha value is -2.36. The van der Waals surface area contributed by atoms with E-state index in [2.05, 4.69) is 48.3 Å². The van der Waals surface area contributed by atoms with Crippen LogP contribution in [-0.4, -0.2) is 75.6 Å². The van der Waals surface area contributed by atoms with Gasteiger partial charge in [-0.2, -0.15) is 0 Å². The maximum Gasteiger partial charge on any atom is 0.222 e. The molecule has 0 radical (unpaired) electrons. The summed E-state index contributed by atoms with van der Waals surface area (Å²) in [5, 5.41) is 25.2. The number of amides is 1. The Bertz CT molecular complexity index is 1520. The number of carbonyl (C=O) groups excluding carboxylic acids is 1. The van der Waals surface area contributed by atoms with E-state index in [9.17, 15) is 19.8 Å². The smallest absolute Gasteiger partial charge is 0.222 e. The van der Waals surface area contributed by atoms with E-state index in [1.165, 1.54) is 21.9 Å². The van der Waals surface area contributed by atoms with E-state index in [-0.39, 0.29) is 11.3 Å². The summed E-state index contributed by atoms with van der Waals surface area (Å²) in [4.78, 5) is 29.4. The maximum atomic E-state index is 13.2.